The number of halogens is 3. The number of hydrogen-bond donors (Lipinski definition) is 1. The molecule has 33 heavy (non-hydrogen) atoms. The molecule has 0 unspecified atom stereocenters. The summed E-state index contributed by atoms with van der Waals surface area (Å²) in [5.41, 5.74) is 1.59. The molecule has 0 amide bonds. The van der Waals surface area contributed by atoms with Gasteiger partial charge in [0.15, 0.2) is 0 Å². The van der Waals surface area contributed by atoms with Crippen LogP contribution in [0.1, 0.15) is 35.4 Å². The highest BCUT2D eigenvalue weighted by atomic mass is 32.2. The highest BCUT2D eigenvalue weighted by Crippen LogP contribution is 2.29. The lowest BCUT2D eigenvalue weighted by molar-refractivity contribution is -0.145. The molecular formula is C21H22F3N5O3S. The smallest absolute Gasteiger partial charge is 0.439 e. The Labute approximate surface area is 189 Å². The summed E-state index contributed by atoms with van der Waals surface area (Å²) in [6, 6.07) is 7.26. The molecule has 1 N–H and O–H groups in total. The third-order valence-electron chi connectivity index (χ3n) is 4.59. The molecule has 0 bridgehead atoms. The average Bonchev–Trinajstić information content (AvgIpc) is 2.78. The van der Waals surface area contributed by atoms with Crippen molar-refractivity contribution in [2.45, 2.75) is 38.1 Å². The van der Waals surface area contributed by atoms with E-state index in [1.54, 1.807) is 12.4 Å². The van der Waals surface area contributed by atoms with E-state index in [0.29, 0.717) is 17.8 Å². The maximum absolute atomic E-state index is 13.3. The molecule has 1 aromatic carbocycles. The minimum atomic E-state index is -4.75. The van der Waals surface area contributed by atoms with Crippen molar-refractivity contribution in [1.82, 2.24) is 24.7 Å². The monoisotopic (exact) mass is 481 g/mol. The topological polar surface area (TPSA) is 107 Å². The first kappa shape index (κ1) is 24.5. The first-order valence-corrected chi connectivity index (χ1v) is 11.7. The van der Waals surface area contributed by atoms with Crippen LogP contribution in [-0.4, -0.2) is 35.4 Å². The summed E-state index contributed by atoms with van der Waals surface area (Å²) >= 11 is 0. The van der Waals surface area contributed by atoms with E-state index in [1.165, 1.54) is 37.4 Å². The number of hydrogen-bond acceptors (Lipinski definition) is 7. The van der Waals surface area contributed by atoms with Crippen LogP contribution in [0.15, 0.2) is 42.7 Å². The third kappa shape index (κ3) is 7.19. The summed E-state index contributed by atoms with van der Waals surface area (Å²) in [7, 11) is -2.14. The zero-order valence-corrected chi connectivity index (χ0v) is 18.7. The Morgan fingerprint density at radius 1 is 1.00 bits per heavy atom. The standard InChI is InChI=1S/C21H22F3N5O3S/c1-3-14-11-26-18(27-12-14)9-6-16-10-19(29-20(28-16)21(22,23)24)32-17-7-4-15(5-8-17)13-33(30,31)25-2/h4-5,7-8,10-12,25H,3,6,9,13H2,1-2H3. The molecule has 8 nitrogen and oxygen atoms in total. The van der Waals surface area contributed by atoms with Crippen LogP contribution < -0.4 is 9.46 Å². The van der Waals surface area contributed by atoms with Crippen molar-refractivity contribution in [3.63, 3.8) is 0 Å². The molecule has 0 spiro atoms. The summed E-state index contributed by atoms with van der Waals surface area (Å²) in [5.74, 6) is -1.12. The Morgan fingerprint density at radius 2 is 1.67 bits per heavy atom. The highest BCUT2D eigenvalue weighted by molar-refractivity contribution is 7.88. The largest absolute Gasteiger partial charge is 0.451 e. The van der Waals surface area contributed by atoms with E-state index in [1.807, 2.05) is 6.92 Å². The summed E-state index contributed by atoms with van der Waals surface area (Å²) in [6.07, 6.45) is -0.138. The number of sulfonamides is 1. The van der Waals surface area contributed by atoms with Crippen molar-refractivity contribution >= 4 is 10.0 Å². The van der Waals surface area contributed by atoms with Crippen molar-refractivity contribution in [3.05, 3.63) is 71.2 Å². The Morgan fingerprint density at radius 3 is 2.24 bits per heavy atom. The number of alkyl halides is 3. The van der Waals surface area contributed by atoms with Crippen LogP contribution >= 0.6 is 0 Å². The fourth-order valence-electron chi connectivity index (χ4n) is 2.78. The second-order valence-corrected chi connectivity index (χ2v) is 9.02. The molecule has 3 aromatic rings. The maximum Gasteiger partial charge on any atom is 0.451 e. The molecule has 0 aliphatic heterocycles. The van der Waals surface area contributed by atoms with Crippen LogP contribution in [0, 0.1) is 0 Å². The molecule has 0 radical (unpaired) electrons. The summed E-state index contributed by atoms with van der Waals surface area (Å²) in [4.78, 5) is 15.5. The number of aromatic nitrogens is 4. The number of benzene rings is 1. The normalized spacial score (nSPS) is 12.0. The molecule has 2 heterocycles. The van der Waals surface area contributed by atoms with Gasteiger partial charge in [0, 0.05) is 30.6 Å². The Bertz CT molecular complexity index is 1190. The number of ether oxygens (including phenoxy) is 1. The maximum atomic E-state index is 13.3. The molecule has 0 aliphatic rings. The minimum Gasteiger partial charge on any atom is -0.439 e. The molecule has 0 saturated carbocycles. The van der Waals surface area contributed by atoms with Gasteiger partial charge in [-0.25, -0.2) is 28.1 Å². The second-order valence-electron chi connectivity index (χ2n) is 7.09. The Hall–Kier alpha value is -3.12. The second kappa shape index (κ2) is 10.2. The van der Waals surface area contributed by atoms with Crippen molar-refractivity contribution in [1.29, 1.82) is 0 Å². The first-order chi connectivity index (χ1) is 15.6. The fraction of sp³-hybridized carbons (Fsp3) is 0.333. The van der Waals surface area contributed by atoms with Gasteiger partial charge in [-0.2, -0.15) is 18.2 Å². The number of nitrogens with zero attached hydrogens (tertiary/aromatic N) is 4. The molecule has 2 aromatic heterocycles. The van der Waals surface area contributed by atoms with E-state index in [9.17, 15) is 21.6 Å². The lowest BCUT2D eigenvalue weighted by Crippen LogP contribution is -2.20. The van der Waals surface area contributed by atoms with E-state index in [2.05, 4.69) is 24.7 Å². The van der Waals surface area contributed by atoms with Crippen LogP contribution in [0.25, 0.3) is 0 Å². The first-order valence-electron chi connectivity index (χ1n) is 10.0. The molecule has 3 rings (SSSR count). The quantitative estimate of drug-likeness (QED) is 0.499. The van der Waals surface area contributed by atoms with Crippen molar-refractivity contribution in [3.8, 4) is 11.6 Å². The van der Waals surface area contributed by atoms with Gasteiger partial charge in [0.1, 0.15) is 11.6 Å². The van der Waals surface area contributed by atoms with Crippen molar-refractivity contribution in [2.24, 2.45) is 0 Å². The van der Waals surface area contributed by atoms with E-state index in [0.717, 1.165) is 12.0 Å². The van der Waals surface area contributed by atoms with Gasteiger partial charge in [-0.05, 0) is 43.1 Å². The molecule has 0 saturated heterocycles. The predicted octanol–water partition coefficient (Wildman–Crippen LogP) is 3.47. The fourth-order valence-corrected chi connectivity index (χ4v) is 3.55. The van der Waals surface area contributed by atoms with Gasteiger partial charge in [0.05, 0.1) is 5.75 Å². The molecule has 0 aliphatic carbocycles. The van der Waals surface area contributed by atoms with Crippen molar-refractivity contribution < 1.29 is 26.3 Å². The Balaban J connectivity index is 1.78. The summed E-state index contributed by atoms with van der Waals surface area (Å²) < 4.78 is 70.9. The van der Waals surface area contributed by atoms with Gasteiger partial charge in [-0.15, -0.1) is 0 Å². The molecule has 12 heteroatoms. The van der Waals surface area contributed by atoms with E-state index < -0.39 is 22.0 Å². The van der Waals surface area contributed by atoms with Gasteiger partial charge < -0.3 is 4.74 Å². The molecule has 0 fully saturated rings. The SMILES string of the molecule is CCc1cnc(CCc2cc(Oc3ccc(CS(=O)(=O)NC)cc3)nc(C(F)(F)F)n2)nc1. The van der Waals surface area contributed by atoms with Crippen LogP contribution in [-0.2, 0) is 41.2 Å². The van der Waals surface area contributed by atoms with Crippen molar-refractivity contribution in [2.75, 3.05) is 7.05 Å². The number of rotatable bonds is 9. The minimum absolute atomic E-state index is 0.132. The van der Waals surface area contributed by atoms with Gasteiger partial charge >= 0.3 is 6.18 Å². The van der Waals surface area contributed by atoms with E-state index in [-0.39, 0.29) is 29.5 Å². The zero-order valence-electron chi connectivity index (χ0n) is 17.9. The van der Waals surface area contributed by atoms with E-state index >= 15 is 0 Å². The number of aryl methyl sites for hydroxylation is 3. The van der Waals surface area contributed by atoms with Crippen LogP contribution in [0.5, 0.6) is 11.6 Å². The molecule has 0 atom stereocenters. The lowest BCUT2D eigenvalue weighted by Gasteiger charge is -2.11. The van der Waals surface area contributed by atoms with Crippen LogP contribution in [0.4, 0.5) is 13.2 Å². The molecular weight excluding hydrogens is 459 g/mol. The highest BCUT2D eigenvalue weighted by Gasteiger charge is 2.35. The van der Waals surface area contributed by atoms with Gasteiger partial charge in [0.2, 0.25) is 21.7 Å². The van der Waals surface area contributed by atoms with Gasteiger partial charge in [-0.1, -0.05) is 19.1 Å². The summed E-state index contributed by atoms with van der Waals surface area (Å²) in [5, 5.41) is 0. The van der Waals surface area contributed by atoms with E-state index in [4.69, 9.17) is 4.74 Å². The zero-order chi connectivity index (χ0) is 24.1. The Kier molecular flexibility index (Phi) is 7.59. The lowest BCUT2D eigenvalue weighted by atomic mass is 10.2. The summed E-state index contributed by atoms with van der Waals surface area (Å²) in [6.45, 7) is 1.97. The van der Waals surface area contributed by atoms with Crippen LogP contribution in [0.2, 0.25) is 0 Å². The third-order valence-corrected chi connectivity index (χ3v) is 5.93. The average molecular weight is 482 g/mol. The van der Waals surface area contributed by atoms with Gasteiger partial charge in [0.25, 0.3) is 0 Å². The molecule has 176 valence electrons. The number of nitrogens with one attached hydrogen (secondary N) is 1. The van der Waals surface area contributed by atoms with Gasteiger partial charge in [-0.3, -0.25) is 0 Å². The predicted molar refractivity (Wildman–Crippen MR) is 114 cm³/mol. The van der Waals surface area contributed by atoms with Crippen LogP contribution in [0.3, 0.4) is 0 Å².